The maximum atomic E-state index is 13.2. The molecule has 6 aromatic rings. The minimum atomic E-state index is -1.09. The number of carbonyl (C=O) groups excluding carboxylic acids is 6. The van der Waals surface area contributed by atoms with Gasteiger partial charge in [-0.3, -0.25) is 44.0 Å². The normalized spacial score (nSPS) is 14.9. The second-order valence-corrected chi connectivity index (χ2v) is 16.1. The third kappa shape index (κ3) is 9.28. The van der Waals surface area contributed by atoms with Crippen molar-refractivity contribution in [3.63, 3.8) is 0 Å². The molecule has 6 amide bonds. The van der Waals surface area contributed by atoms with E-state index >= 15 is 0 Å². The van der Waals surface area contributed by atoms with E-state index in [0.29, 0.717) is 24.4 Å². The summed E-state index contributed by atoms with van der Waals surface area (Å²) in [5.41, 5.74) is 5.89. The van der Waals surface area contributed by atoms with Gasteiger partial charge < -0.3 is 24.9 Å². The van der Waals surface area contributed by atoms with Gasteiger partial charge in [0, 0.05) is 66.2 Å². The zero-order valence-electron chi connectivity index (χ0n) is 35.6. The summed E-state index contributed by atoms with van der Waals surface area (Å²) in [7, 11) is 0. The van der Waals surface area contributed by atoms with Gasteiger partial charge in [0.2, 0.25) is 11.8 Å². The van der Waals surface area contributed by atoms with Gasteiger partial charge in [0.05, 0.1) is 11.1 Å². The first-order valence-corrected chi connectivity index (χ1v) is 21.5. The molecule has 0 bridgehead atoms. The van der Waals surface area contributed by atoms with Crippen LogP contribution in [0.1, 0.15) is 102 Å². The lowest BCUT2D eigenvalue weighted by atomic mass is 10.00. The number of hydrogen-bond donors (Lipinski definition) is 4. The highest BCUT2D eigenvalue weighted by Crippen LogP contribution is 2.34. The predicted octanol–water partition coefficient (Wildman–Crippen LogP) is 5.80. The van der Waals surface area contributed by atoms with Gasteiger partial charge in [-0.1, -0.05) is 56.0 Å². The Labute approximate surface area is 368 Å². The van der Waals surface area contributed by atoms with Gasteiger partial charge in [-0.05, 0) is 74.6 Å². The minimum Gasteiger partial charge on any atom is -0.483 e. The smallest absolute Gasteiger partial charge is 0.267 e. The number of benzene rings is 2. The summed E-state index contributed by atoms with van der Waals surface area (Å²) in [6.07, 6.45) is 12.6. The first-order valence-electron chi connectivity index (χ1n) is 21.5. The fraction of sp³-hybridized carbons (Fsp3) is 0.319. The largest absolute Gasteiger partial charge is 0.483 e. The van der Waals surface area contributed by atoms with E-state index in [9.17, 15) is 28.8 Å². The molecule has 4 aromatic heterocycles. The Morgan fingerprint density at radius 1 is 0.828 bits per heavy atom. The number of nitrogens with zero attached hydrogens (tertiary/aromatic N) is 6. The van der Waals surface area contributed by atoms with Gasteiger partial charge in [-0.25, -0.2) is 4.98 Å². The molecule has 1 fully saturated rings. The van der Waals surface area contributed by atoms with Crippen molar-refractivity contribution in [1.82, 2.24) is 50.6 Å². The number of H-pyrrole nitrogens is 1. The van der Waals surface area contributed by atoms with Crippen molar-refractivity contribution in [1.29, 1.82) is 0 Å². The fourth-order valence-corrected chi connectivity index (χ4v) is 8.07. The molecule has 1 atom stereocenters. The van der Waals surface area contributed by atoms with Crippen LogP contribution in [0.2, 0.25) is 0 Å². The Morgan fingerprint density at radius 2 is 1.56 bits per heavy atom. The van der Waals surface area contributed by atoms with Crippen molar-refractivity contribution in [2.75, 3.05) is 19.7 Å². The molecule has 328 valence electrons. The standard InChI is InChI=1S/C47H48N10O7/c1-28(2)56-27-52-55-43(56)30-14-12-29(13-15-30)31-22-32(25-48-24-31)33-18-21-50-42-35(33)23-36(53-42)44(60)51-20-8-6-4-3-5-7-19-49-40(59)26-64-38-11-9-10-34-41(38)47(63)57(46(34)62)37-16-17-39(58)54-45(37)61/h9-15,18,21-25,27-28,37H,3-8,16-17,19-20,26H2,1-2H3,(H,49,59)(H,50,53)(H,51,60)(H,54,58,61). The van der Waals surface area contributed by atoms with Crippen LogP contribution in [0.3, 0.4) is 0 Å². The predicted molar refractivity (Wildman–Crippen MR) is 236 cm³/mol. The number of fused-ring (bicyclic) bond motifs is 2. The third-order valence-corrected chi connectivity index (χ3v) is 11.4. The second-order valence-electron chi connectivity index (χ2n) is 16.1. The molecule has 17 heteroatoms. The van der Waals surface area contributed by atoms with E-state index in [1.165, 1.54) is 12.1 Å². The number of rotatable bonds is 18. The topological polar surface area (TPSA) is 223 Å². The molecule has 2 aliphatic rings. The molecule has 0 spiro atoms. The summed E-state index contributed by atoms with van der Waals surface area (Å²) in [4.78, 5) is 89.0. The first-order chi connectivity index (χ1) is 31.1. The van der Waals surface area contributed by atoms with Crippen LogP contribution in [0, 0.1) is 0 Å². The van der Waals surface area contributed by atoms with Gasteiger partial charge in [0.1, 0.15) is 29.5 Å². The molecular formula is C47H48N10O7. The van der Waals surface area contributed by atoms with Gasteiger partial charge in [0.15, 0.2) is 12.4 Å². The summed E-state index contributed by atoms with van der Waals surface area (Å²) in [5, 5.41) is 17.2. The number of piperidine rings is 1. The molecule has 0 aliphatic carbocycles. The lowest BCUT2D eigenvalue weighted by Gasteiger charge is -2.27. The van der Waals surface area contributed by atoms with Gasteiger partial charge in [-0.15, -0.1) is 10.2 Å². The SMILES string of the molecule is CC(C)n1cnnc1-c1ccc(-c2cncc(-c3ccnc4[nH]c(C(=O)NCCCCCCCCNC(=O)COc5cccc6c5C(=O)N(C5CCC(=O)NC5=O)C6=O)cc34)c2)cc1. The molecular weight excluding hydrogens is 817 g/mol. The van der Waals surface area contributed by atoms with Crippen molar-refractivity contribution in [2.24, 2.45) is 0 Å². The summed E-state index contributed by atoms with van der Waals surface area (Å²) >= 11 is 0. The Morgan fingerprint density at radius 3 is 2.33 bits per heavy atom. The van der Waals surface area contributed by atoms with Gasteiger partial charge >= 0.3 is 0 Å². The molecule has 8 rings (SSSR count). The Kier molecular flexibility index (Phi) is 12.9. The van der Waals surface area contributed by atoms with Crippen LogP contribution in [-0.2, 0) is 14.4 Å². The molecule has 1 saturated heterocycles. The number of amides is 6. The molecule has 6 heterocycles. The van der Waals surface area contributed by atoms with Crippen LogP contribution < -0.4 is 20.7 Å². The minimum absolute atomic E-state index is 0.00548. The van der Waals surface area contributed by atoms with Gasteiger partial charge in [0.25, 0.3) is 23.6 Å². The van der Waals surface area contributed by atoms with E-state index in [0.717, 1.165) is 82.5 Å². The van der Waals surface area contributed by atoms with Crippen LogP contribution in [-0.4, -0.2) is 95.8 Å². The average molecular weight is 865 g/mol. The molecule has 1 unspecified atom stereocenters. The van der Waals surface area contributed by atoms with Crippen LogP contribution in [0.15, 0.2) is 85.6 Å². The van der Waals surface area contributed by atoms with E-state index < -0.39 is 29.7 Å². The summed E-state index contributed by atoms with van der Waals surface area (Å²) in [6, 6.07) is 17.7. The van der Waals surface area contributed by atoms with E-state index in [-0.39, 0.29) is 54.2 Å². The number of ether oxygens (including phenoxy) is 1. The first kappa shape index (κ1) is 43.1. The monoisotopic (exact) mass is 864 g/mol. The lowest BCUT2D eigenvalue weighted by Crippen LogP contribution is -2.54. The average Bonchev–Trinajstić information content (AvgIpc) is 4.04. The number of aromatic amines is 1. The summed E-state index contributed by atoms with van der Waals surface area (Å²) in [6.45, 7) is 4.82. The highest BCUT2D eigenvalue weighted by molar-refractivity contribution is 6.24. The molecule has 64 heavy (non-hydrogen) atoms. The quantitative estimate of drug-likeness (QED) is 0.0597. The van der Waals surface area contributed by atoms with E-state index in [4.69, 9.17) is 4.74 Å². The Balaban J connectivity index is 0.737. The van der Waals surface area contributed by atoms with E-state index in [1.807, 2.05) is 41.2 Å². The molecule has 17 nitrogen and oxygen atoms in total. The van der Waals surface area contributed by atoms with Crippen LogP contribution >= 0.6 is 0 Å². The van der Waals surface area contributed by atoms with E-state index in [1.54, 1.807) is 18.6 Å². The molecule has 0 radical (unpaired) electrons. The number of pyridine rings is 2. The maximum Gasteiger partial charge on any atom is 0.267 e. The number of nitrogens with one attached hydrogen (secondary N) is 4. The van der Waals surface area contributed by atoms with E-state index in [2.05, 4.69) is 73.1 Å². The summed E-state index contributed by atoms with van der Waals surface area (Å²) in [5.74, 6) is -2.18. The third-order valence-electron chi connectivity index (χ3n) is 11.4. The van der Waals surface area contributed by atoms with Gasteiger partial charge in [-0.2, -0.15) is 0 Å². The maximum absolute atomic E-state index is 13.2. The number of aromatic nitrogens is 6. The second kappa shape index (κ2) is 19.2. The number of unbranched alkanes of at least 4 members (excludes halogenated alkanes) is 5. The van der Waals surface area contributed by atoms with Crippen molar-refractivity contribution in [3.05, 3.63) is 102 Å². The number of carbonyl (C=O) groups is 6. The van der Waals surface area contributed by atoms with Crippen molar-refractivity contribution in [2.45, 2.75) is 77.3 Å². The van der Waals surface area contributed by atoms with Crippen LogP contribution in [0.25, 0.3) is 44.7 Å². The molecule has 0 saturated carbocycles. The zero-order valence-corrected chi connectivity index (χ0v) is 35.6. The lowest BCUT2D eigenvalue weighted by molar-refractivity contribution is -0.136. The molecule has 2 aromatic carbocycles. The van der Waals surface area contributed by atoms with Crippen molar-refractivity contribution in [3.8, 4) is 39.4 Å². The van der Waals surface area contributed by atoms with Crippen molar-refractivity contribution < 1.29 is 33.5 Å². The Hall–Kier alpha value is -7.56. The number of imide groups is 2. The van der Waals surface area contributed by atoms with Crippen LogP contribution in [0.5, 0.6) is 5.75 Å². The number of hydrogen-bond acceptors (Lipinski definition) is 11. The highest BCUT2D eigenvalue weighted by Gasteiger charge is 2.46. The highest BCUT2D eigenvalue weighted by atomic mass is 16.5. The van der Waals surface area contributed by atoms with Crippen LogP contribution in [0.4, 0.5) is 0 Å². The summed E-state index contributed by atoms with van der Waals surface area (Å²) < 4.78 is 7.69. The molecule has 4 N–H and O–H groups in total. The Bertz CT molecular complexity index is 2740. The van der Waals surface area contributed by atoms with Crippen molar-refractivity contribution >= 4 is 46.5 Å². The zero-order chi connectivity index (χ0) is 44.7. The fourth-order valence-electron chi connectivity index (χ4n) is 8.07. The molecule has 2 aliphatic heterocycles.